The van der Waals surface area contributed by atoms with Crippen LogP contribution in [-0.2, 0) is 0 Å². The van der Waals surface area contributed by atoms with Gasteiger partial charge in [0.15, 0.2) is 0 Å². The van der Waals surface area contributed by atoms with Crippen molar-refractivity contribution in [2.24, 2.45) is 0 Å². The summed E-state index contributed by atoms with van der Waals surface area (Å²) in [6.07, 6.45) is 33.7. The highest BCUT2D eigenvalue weighted by Gasteiger charge is 2.10. The molecule has 0 rings (SSSR count). The second kappa shape index (κ2) is 27.5. The van der Waals surface area contributed by atoms with Crippen LogP contribution < -0.4 is 5.32 Å². The molecule has 0 aromatic heterocycles. The fourth-order valence-electron chi connectivity index (χ4n) is 4.93. The van der Waals surface area contributed by atoms with Crippen LogP contribution in [-0.4, -0.2) is 17.2 Å². The Hall–Kier alpha value is -0.730. The molecule has 33 heavy (non-hydrogen) atoms. The van der Waals surface area contributed by atoms with Crippen LogP contribution in [0.2, 0.25) is 0 Å². The van der Waals surface area contributed by atoms with E-state index >= 15 is 0 Å². The number of nitrogens with one attached hydrogen (secondary N) is 1. The van der Waals surface area contributed by atoms with Crippen LogP contribution in [0.1, 0.15) is 181 Å². The van der Waals surface area contributed by atoms with E-state index in [9.17, 15) is 4.79 Å². The summed E-state index contributed by atoms with van der Waals surface area (Å²) in [5, 5.41) is 11.9. The maximum absolute atomic E-state index is 11.1. The molecule has 0 aliphatic heterocycles. The summed E-state index contributed by atoms with van der Waals surface area (Å²) in [7, 11) is 0. The second-order valence-corrected chi connectivity index (χ2v) is 10.5. The van der Waals surface area contributed by atoms with Crippen LogP contribution in [0, 0.1) is 0 Å². The molecule has 0 unspecified atom stereocenters. The fraction of sp³-hybridized carbons (Fsp3) is 0.967. The van der Waals surface area contributed by atoms with Gasteiger partial charge in [-0.25, -0.2) is 4.79 Å². The third kappa shape index (κ3) is 27.4. The number of carboxylic acid groups (broad SMARTS) is 1. The molecular weight excluding hydrogens is 406 g/mol. The zero-order valence-corrected chi connectivity index (χ0v) is 22.8. The molecular formula is C30H61NO2. The van der Waals surface area contributed by atoms with Gasteiger partial charge < -0.3 is 10.4 Å². The van der Waals surface area contributed by atoms with E-state index in [1.807, 2.05) is 0 Å². The Bertz CT molecular complexity index is 357. The SMILES string of the molecule is CCCCCCCCCCCCCCC(CCCCCCCCCCCCCC)NC(=O)O. The molecule has 0 aromatic rings. The first-order chi connectivity index (χ1) is 16.2. The summed E-state index contributed by atoms with van der Waals surface area (Å²) in [6, 6.07) is 0.161. The predicted octanol–water partition coefficient (Wildman–Crippen LogP) is 10.8. The second-order valence-electron chi connectivity index (χ2n) is 10.5. The summed E-state index contributed by atoms with van der Waals surface area (Å²) in [5.74, 6) is 0. The lowest BCUT2D eigenvalue weighted by Gasteiger charge is -2.17. The maximum Gasteiger partial charge on any atom is 0.404 e. The number of hydrogen-bond donors (Lipinski definition) is 2. The van der Waals surface area contributed by atoms with Crippen molar-refractivity contribution in [3.05, 3.63) is 0 Å². The van der Waals surface area contributed by atoms with Crippen molar-refractivity contribution in [2.45, 2.75) is 187 Å². The molecule has 0 saturated carbocycles. The zero-order valence-electron chi connectivity index (χ0n) is 22.8. The quantitative estimate of drug-likeness (QED) is 0.118. The van der Waals surface area contributed by atoms with Crippen molar-refractivity contribution in [1.29, 1.82) is 0 Å². The molecule has 0 spiro atoms. The molecule has 0 aliphatic carbocycles. The van der Waals surface area contributed by atoms with Gasteiger partial charge in [-0.15, -0.1) is 0 Å². The van der Waals surface area contributed by atoms with Crippen molar-refractivity contribution in [3.63, 3.8) is 0 Å². The van der Waals surface area contributed by atoms with Gasteiger partial charge in [0.05, 0.1) is 0 Å². The molecule has 0 fully saturated rings. The molecule has 1 amide bonds. The number of unbranched alkanes of at least 4 members (excludes halogenated alkanes) is 22. The summed E-state index contributed by atoms with van der Waals surface area (Å²) >= 11 is 0. The lowest BCUT2D eigenvalue weighted by atomic mass is 9.99. The van der Waals surface area contributed by atoms with Crippen LogP contribution in [0.4, 0.5) is 4.79 Å². The number of rotatable bonds is 27. The largest absolute Gasteiger partial charge is 0.465 e. The van der Waals surface area contributed by atoms with Gasteiger partial charge in [0.25, 0.3) is 0 Å². The van der Waals surface area contributed by atoms with Gasteiger partial charge in [0, 0.05) is 6.04 Å². The molecule has 3 heteroatoms. The lowest BCUT2D eigenvalue weighted by Crippen LogP contribution is -2.33. The third-order valence-corrected chi connectivity index (χ3v) is 7.14. The molecule has 0 aliphatic rings. The Morgan fingerprint density at radius 2 is 0.727 bits per heavy atom. The highest BCUT2D eigenvalue weighted by atomic mass is 16.4. The van der Waals surface area contributed by atoms with E-state index in [0.717, 1.165) is 12.8 Å². The highest BCUT2D eigenvalue weighted by Crippen LogP contribution is 2.16. The molecule has 0 heterocycles. The first-order valence-corrected chi connectivity index (χ1v) is 15.2. The van der Waals surface area contributed by atoms with E-state index in [4.69, 9.17) is 5.11 Å². The summed E-state index contributed by atoms with van der Waals surface area (Å²) < 4.78 is 0. The monoisotopic (exact) mass is 467 g/mol. The van der Waals surface area contributed by atoms with E-state index in [-0.39, 0.29) is 6.04 Å². The van der Waals surface area contributed by atoms with E-state index < -0.39 is 6.09 Å². The Kier molecular flexibility index (Phi) is 26.9. The molecule has 0 radical (unpaired) electrons. The molecule has 198 valence electrons. The molecule has 0 bridgehead atoms. The Labute approximate surface area is 208 Å². The van der Waals surface area contributed by atoms with Crippen molar-refractivity contribution in [2.75, 3.05) is 0 Å². The Balaban J connectivity index is 3.52. The predicted molar refractivity (Wildman–Crippen MR) is 146 cm³/mol. The van der Waals surface area contributed by atoms with Crippen LogP contribution in [0.5, 0.6) is 0 Å². The van der Waals surface area contributed by atoms with Gasteiger partial charge in [0.2, 0.25) is 0 Å². The summed E-state index contributed by atoms with van der Waals surface area (Å²) in [6.45, 7) is 4.55. The fourth-order valence-corrected chi connectivity index (χ4v) is 4.93. The first kappa shape index (κ1) is 32.3. The van der Waals surface area contributed by atoms with Gasteiger partial charge in [-0.2, -0.15) is 0 Å². The Morgan fingerprint density at radius 1 is 0.485 bits per heavy atom. The number of amides is 1. The van der Waals surface area contributed by atoms with Gasteiger partial charge in [0.1, 0.15) is 0 Å². The van der Waals surface area contributed by atoms with E-state index in [0.29, 0.717) is 0 Å². The van der Waals surface area contributed by atoms with Gasteiger partial charge in [-0.05, 0) is 12.8 Å². The van der Waals surface area contributed by atoms with Crippen LogP contribution >= 0.6 is 0 Å². The van der Waals surface area contributed by atoms with Crippen LogP contribution in [0.25, 0.3) is 0 Å². The maximum atomic E-state index is 11.1. The van der Waals surface area contributed by atoms with Crippen LogP contribution in [0.15, 0.2) is 0 Å². The van der Waals surface area contributed by atoms with Crippen molar-refractivity contribution in [1.82, 2.24) is 5.32 Å². The minimum Gasteiger partial charge on any atom is -0.465 e. The van der Waals surface area contributed by atoms with Gasteiger partial charge in [-0.1, -0.05) is 168 Å². The molecule has 3 nitrogen and oxygen atoms in total. The van der Waals surface area contributed by atoms with Crippen molar-refractivity contribution >= 4 is 6.09 Å². The smallest absolute Gasteiger partial charge is 0.404 e. The van der Waals surface area contributed by atoms with Crippen molar-refractivity contribution in [3.8, 4) is 0 Å². The first-order valence-electron chi connectivity index (χ1n) is 15.2. The highest BCUT2D eigenvalue weighted by molar-refractivity contribution is 5.64. The van der Waals surface area contributed by atoms with E-state index in [1.54, 1.807) is 0 Å². The Morgan fingerprint density at radius 3 is 0.970 bits per heavy atom. The minimum absolute atomic E-state index is 0.161. The minimum atomic E-state index is -0.849. The molecule has 0 aromatic carbocycles. The van der Waals surface area contributed by atoms with Gasteiger partial charge >= 0.3 is 6.09 Å². The topological polar surface area (TPSA) is 49.3 Å². The van der Waals surface area contributed by atoms with E-state index in [2.05, 4.69) is 19.2 Å². The normalized spacial score (nSPS) is 11.4. The molecule has 0 atom stereocenters. The standard InChI is InChI=1S/C30H61NO2/c1-3-5-7-9-11-13-15-17-19-21-23-25-27-29(31-30(32)33)28-26-24-22-20-18-16-14-12-10-8-6-4-2/h29,31H,3-28H2,1-2H3,(H,32,33). The zero-order chi connectivity index (χ0) is 24.2. The molecule has 0 saturated heterocycles. The molecule has 2 N–H and O–H groups in total. The van der Waals surface area contributed by atoms with Crippen molar-refractivity contribution < 1.29 is 9.90 Å². The number of carbonyl (C=O) groups is 1. The van der Waals surface area contributed by atoms with Gasteiger partial charge in [-0.3, -0.25) is 0 Å². The third-order valence-electron chi connectivity index (χ3n) is 7.14. The summed E-state index contributed by atoms with van der Waals surface area (Å²) in [5.41, 5.74) is 0. The van der Waals surface area contributed by atoms with E-state index in [1.165, 1.54) is 154 Å². The average Bonchev–Trinajstić information content (AvgIpc) is 2.80. The average molecular weight is 468 g/mol. The lowest BCUT2D eigenvalue weighted by molar-refractivity contribution is 0.187. The van der Waals surface area contributed by atoms with Crippen LogP contribution in [0.3, 0.4) is 0 Å². The number of hydrogen-bond acceptors (Lipinski definition) is 1. The summed E-state index contributed by atoms with van der Waals surface area (Å²) in [4.78, 5) is 11.1.